The minimum Gasteiger partial charge on any atom is -0.466 e. The van der Waals surface area contributed by atoms with Crippen LogP contribution in [0.1, 0.15) is 38.2 Å². The summed E-state index contributed by atoms with van der Waals surface area (Å²) in [5, 5.41) is 13.0. The fourth-order valence-corrected chi connectivity index (χ4v) is 8.90. The van der Waals surface area contributed by atoms with E-state index in [1.54, 1.807) is 27.5 Å². The number of halogens is 1. The first-order valence-corrected chi connectivity index (χ1v) is 17.9. The Morgan fingerprint density at radius 3 is 2.49 bits per heavy atom. The molecule has 0 unspecified atom stereocenters. The summed E-state index contributed by atoms with van der Waals surface area (Å²) in [7, 11) is -2.28. The minimum absolute atomic E-state index is 0.0469. The number of carbonyl (C=O) groups is 1. The van der Waals surface area contributed by atoms with E-state index in [9.17, 15) is 17.6 Å². The van der Waals surface area contributed by atoms with E-state index in [0.717, 1.165) is 52.5 Å². The maximum atomic E-state index is 14.8. The van der Waals surface area contributed by atoms with Gasteiger partial charge in [0.1, 0.15) is 11.3 Å². The number of nitrogens with zero attached hydrogens (tertiary/aromatic N) is 7. The van der Waals surface area contributed by atoms with E-state index in [2.05, 4.69) is 15.4 Å². The van der Waals surface area contributed by atoms with Gasteiger partial charge < -0.3 is 10.1 Å². The van der Waals surface area contributed by atoms with Crippen LogP contribution >= 0.6 is 0 Å². The third-order valence-electron chi connectivity index (χ3n) is 9.98. The second kappa shape index (κ2) is 11.8. The van der Waals surface area contributed by atoms with Crippen LogP contribution in [0.25, 0.3) is 39.1 Å². The topological polar surface area (TPSA) is 138 Å². The Balaban J connectivity index is 1.31. The predicted molar refractivity (Wildman–Crippen MR) is 181 cm³/mol. The molecule has 0 saturated heterocycles. The van der Waals surface area contributed by atoms with Crippen molar-refractivity contribution in [1.29, 1.82) is 0 Å². The van der Waals surface area contributed by atoms with Gasteiger partial charge in [0.2, 0.25) is 0 Å². The molecule has 6 aromatic rings. The van der Waals surface area contributed by atoms with Crippen LogP contribution in [0, 0.1) is 30.5 Å². The molecule has 0 amide bonds. The summed E-state index contributed by atoms with van der Waals surface area (Å²) in [5.41, 5.74) is 3.61. The second-order valence-electron chi connectivity index (χ2n) is 13.0. The minimum atomic E-state index is -4.12. The van der Waals surface area contributed by atoms with Gasteiger partial charge in [-0.05, 0) is 75.6 Å². The largest absolute Gasteiger partial charge is 0.466 e. The molecule has 3 aliphatic rings. The van der Waals surface area contributed by atoms with Gasteiger partial charge in [0, 0.05) is 53.8 Å². The van der Waals surface area contributed by atoms with E-state index in [-0.39, 0.29) is 57.1 Å². The number of rotatable bonds is 8. The molecule has 5 heterocycles. The number of hydrogen-bond acceptors (Lipinski definition) is 9. The third-order valence-corrected chi connectivity index (χ3v) is 11.6. The number of esters is 1. The molecule has 12 nitrogen and oxygen atoms in total. The van der Waals surface area contributed by atoms with Crippen LogP contribution in [0.5, 0.6) is 0 Å². The molecule has 3 aliphatic carbocycles. The summed E-state index contributed by atoms with van der Waals surface area (Å²) in [4.78, 5) is 22.6. The van der Waals surface area contributed by atoms with Crippen molar-refractivity contribution < 1.29 is 22.3 Å². The molecule has 1 N–H and O–H groups in total. The van der Waals surface area contributed by atoms with Gasteiger partial charge in [0.25, 0.3) is 10.0 Å². The Hall–Kier alpha value is -5.11. The number of aromatic nitrogens is 7. The van der Waals surface area contributed by atoms with Crippen molar-refractivity contribution in [3.8, 4) is 22.5 Å². The molecule has 0 spiro atoms. The van der Waals surface area contributed by atoms with E-state index in [4.69, 9.17) is 14.8 Å². The van der Waals surface area contributed by atoms with Crippen LogP contribution in [0.15, 0.2) is 72.3 Å². The lowest BCUT2D eigenvalue weighted by atomic mass is 9.61. The summed E-state index contributed by atoms with van der Waals surface area (Å²) in [6, 6.07) is 9.47. The summed E-state index contributed by atoms with van der Waals surface area (Å²) >= 11 is 0. The van der Waals surface area contributed by atoms with Crippen molar-refractivity contribution in [2.75, 3.05) is 11.9 Å². The highest BCUT2D eigenvalue weighted by Gasteiger charge is 2.48. The maximum absolute atomic E-state index is 14.8. The summed E-state index contributed by atoms with van der Waals surface area (Å²) in [6.07, 6.45) is 11.8. The predicted octanol–water partition coefficient (Wildman–Crippen LogP) is 5.61. The molecule has 252 valence electrons. The van der Waals surface area contributed by atoms with Gasteiger partial charge in [0.15, 0.2) is 17.3 Å². The van der Waals surface area contributed by atoms with E-state index in [1.807, 2.05) is 39.4 Å². The Morgan fingerprint density at radius 2 is 1.78 bits per heavy atom. The fraction of sp³-hybridized carbons (Fsp3) is 0.343. The van der Waals surface area contributed by atoms with E-state index >= 15 is 0 Å². The Morgan fingerprint density at radius 1 is 1.02 bits per heavy atom. The van der Waals surface area contributed by atoms with Crippen LogP contribution in [0.3, 0.4) is 0 Å². The van der Waals surface area contributed by atoms with Crippen LogP contribution in [0.4, 0.5) is 10.2 Å². The van der Waals surface area contributed by atoms with Crippen LogP contribution in [-0.4, -0.2) is 60.4 Å². The van der Waals surface area contributed by atoms with E-state index in [1.165, 1.54) is 24.4 Å². The lowest BCUT2D eigenvalue weighted by Crippen LogP contribution is -2.52. The third kappa shape index (κ3) is 5.34. The number of fused-ring (bicyclic) bond motifs is 5. The van der Waals surface area contributed by atoms with Gasteiger partial charge in [-0.1, -0.05) is 17.7 Å². The lowest BCUT2D eigenvalue weighted by Gasteiger charge is -2.47. The molecular formula is C35H35FN8O4S. The molecule has 0 radical (unpaired) electrons. The van der Waals surface area contributed by atoms with Gasteiger partial charge in [-0.25, -0.2) is 31.3 Å². The van der Waals surface area contributed by atoms with E-state index < -0.39 is 15.8 Å². The quantitative estimate of drug-likeness (QED) is 0.203. The molecule has 14 heteroatoms. The number of hydrogen-bond donors (Lipinski definition) is 1. The number of carbonyl (C=O) groups excluding carboxylic acids is 1. The Bertz CT molecular complexity index is 2340. The Kier molecular flexibility index (Phi) is 7.50. The van der Waals surface area contributed by atoms with Crippen molar-refractivity contribution in [2.24, 2.45) is 24.8 Å². The van der Waals surface area contributed by atoms with Gasteiger partial charge in [0.05, 0.1) is 29.8 Å². The number of anilines is 1. The monoisotopic (exact) mass is 682 g/mol. The zero-order valence-electron chi connectivity index (χ0n) is 27.2. The molecule has 2 bridgehead atoms. The molecule has 5 aromatic heterocycles. The molecule has 3 fully saturated rings. The van der Waals surface area contributed by atoms with Crippen molar-refractivity contribution in [1.82, 2.24) is 33.3 Å². The molecular weight excluding hydrogens is 648 g/mol. The van der Waals surface area contributed by atoms with Gasteiger partial charge in [-0.2, -0.15) is 5.10 Å². The standard InChI is InChI=1S/C35H35FN8O4S/c1-4-48-35(45)30-21-7-9-22(10-8-21)31(30)39-33-29-13-23(24-15-38-42(3)17-24)18-43(29)41-32(40-33)28-19-44(34-27(28)14-25(36)16-37-34)49(46,47)26-11-5-20(2)6-12-26/h5-6,11-19,21-22,30-31H,4,7-10H2,1-3H3,(H,39,40,41)/t21-,22+,30-,31-/m0/s1. The number of nitrogens with one attached hydrogen (secondary N) is 1. The summed E-state index contributed by atoms with van der Waals surface area (Å²) in [5.74, 6) is -0.100. The normalized spacial score (nSPS) is 20.7. The lowest BCUT2D eigenvalue weighted by molar-refractivity contribution is -0.154. The fourth-order valence-electron chi connectivity index (χ4n) is 7.58. The van der Waals surface area contributed by atoms with Crippen molar-refractivity contribution in [2.45, 2.75) is 50.5 Å². The molecule has 2 atom stereocenters. The highest BCUT2D eigenvalue weighted by atomic mass is 32.2. The second-order valence-corrected chi connectivity index (χ2v) is 14.9. The zero-order valence-corrected chi connectivity index (χ0v) is 28.1. The first kappa shape index (κ1) is 31.2. The zero-order chi connectivity index (χ0) is 34.0. The number of pyridine rings is 1. The molecule has 9 rings (SSSR count). The number of aryl methyl sites for hydroxylation is 2. The van der Waals surface area contributed by atoms with Crippen LogP contribution in [0.2, 0.25) is 0 Å². The van der Waals surface area contributed by atoms with Crippen LogP contribution in [-0.2, 0) is 26.6 Å². The van der Waals surface area contributed by atoms with Crippen molar-refractivity contribution >= 4 is 38.4 Å². The number of ether oxygens (including phenoxy) is 1. The van der Waals surface area contributed by atoms with Crippen molar-refractivity contribution in [3.63, 3.8) is 0 Å². The van der Waals surface area contributed by atoms with E-state index in [0.29, 0.717) is 17.9 Å². The van der Waals surface area contributed by atoms with Gasteiger partial charge in [-0.15, -0.1) is 5.10 Å². The average molecular weight is 683 g/mol. The number of benzene rings is 1. The molecule has 1 aromatic carbocycles. The first-order valence-electron chi connectivity index (χ1n) is 16.4. The first-order chi connectivity index (χ1) is 23.6. The molecule has 0 aliphatic heterocycles. The maximum Gasteiger partial charge on any atom is 0.311 e. The highest BCUT2D eigenvalue weighted by molar-refractivity contribution is 7.90. The SMILES string of the molecule is CCOC(=O)[C@H]1[C@H]2CC[C@H](CC2)[C@@H]1Nc1nc(-c2cn(S(=O)(=O)c3ccc(C)cc3)c3ncc(F)cc23)nn2cc(-c3cnn(C)c3)cc12. The Labute approximate surface area is 282 Å². The summed E-state index contributed by atoms with van der Waals surface area (Å²) < 4.78 is 52.6. The highest BCUT2D eigenvalue weighted by Crippen LogP contribution is 2.47. The summed E-state index contributed by atoms with van der Waals surface area (Å²) in [6.45, 7) is 3.99. The molecule has 3 saturated carbocycles. The molecule has 49 heavy (non-hydrogen) atoms. The smallest absolute Gasteiger partial charge is 0.311 e. The van der Waals surface area contributed by atoms with Gasteiger partial charge >= 0.3 is 5.97 Å². The van der Waals surface area contributed by atoms with Crippen molar-refractivity contribution in [3.05, 3.63) is 78.8 Å². The average Bonchev–Trinajstić information content (AvgIpc) is 3.82. The van der Waals surface area contributed by atoms with Gasteiger partial charge in [-0.3, -0.25) is 9.48 Å². The van der Waals surface area contributed by atoms with Crippen LogP contribution < -0.4 is 5.32 Å².